The summed E-state index contributed by atoms with van der Waals surface area (Å²) >= 11 is 12.5. The molecule has 5 nitrogen and oxygen atoms in total. The van der Waals surface area contributed by atoms with Crippen LogP contribution in [0.1, 0.15) is 24.0 Å². The molecule has 1 aromatic carbocycles. The zero-order chi connectivity index (χ0) is 20.0. The highest BCUT2D eigenvalue weighted by Gasteiger charge is 2.23. The van der Waals surface area contributed by atoms with E-state index in [2.05, 4.69) is 15.1 Å². The van der Waals surface area contributed by atoms with Gasteiger partial charge in [0.25, 0.3) is 0 Å². The van der Waals surface area contributed by atoms with Crippen LogP contribution in [0.4, 0.5) is 4.39 Å². The van der Waals surface area contributed by atoms with E-state index in [4.69, 9.17) is 27.9 Å². The van der Waals surface area contributed by atoms with E-state index in [0.29, 0.717) is 16.5 Å². The summed E-state index contributed by atoms with van der Waals surface area (Å²) in [6, 6.07) is 4.88. The molecule has 0 amide bonds. The second kappa shape index (κ2) is 7.11. The lowest BCUT2D eigenvalue weighted by Gasteiger charge is -2.17. The summed E-state index contributed by atoms with van der Waals surface area (Å²) in [6.07, 6.45) is 5.44. The summed E-state index contributed by atoms with van der Waals surface area (Å²) in [5.74, 6) is -0.175. The molecule has 3 aromatic heterocycles. The van der Waals surface area contributed by atoms with Crippen molar-refractivity contribution in [2.75, 3.05) is 7.11 Å². The van der Waals surface area contributed by atoms with Crippen LogP contribution in [0, 0.1) is 5.82 Å². The molecule has 0 aliphatic rings. The third-order valence-corrected chi connectivity index (χ3v) is 5.53. The number of rotatable bonds is 4. The highest BCUT2D eigenvalue weighted by molar-refractivity contribution is 6.32. The normalized spacial score (nSPS) is 12.5. The van der Waals surface area contributed by atoms with Crippen molar-refractivity contribution in [3.05, 3.63) is 63.9 Å². The SMILES string of the molecule is COc1ccc(F)c(Cl)c1C(C)c1c[nH]c2ncc(-c3cn(C)nc3Cl)cc12. The van der Waals surface area contributed by atoms with Crippen LogP contribution in [0.5, 0.6) is 5.75 Å². The van der Waals surface area contributed by atoms with Crippen LogP contribution in [0.25, 0.3) is 22.2 Å². The Balaban J connectivity index is 1.87. The predicted molar refractivity (Wildman–Crippen MR) is 109 cm³/mol. The number of nitrogens with one attached hydrogen (secondary N) is 1. The fourth-order valence-electron chi connectivity index (χ4n) is 3.47. The lowest BCUT2D eigenvalue weighted by Crippen LogP contribution is -2.02. The van der Waals surface area contributed by atoms with Gasteiger partial charge < -0.3 is 9.72 Å². The van der Waals surface area contributed by atoms with Crippen molar-refractivity contribution in [3.63, 3.8) is 0 Å². The molecule has 0 bridgehead atoms. The first kappa shape index (κ1) is 18.8. The zero-order valence-corrected chi connectivity index (χ0v) is 16.9. The molecule has 0 aliphatic heterocycles. The second-order valence-corrected chi connectivity index (χ2v) is 7.31. The summed E-state index contributed by atoms with van der Waals surface area (Å²) in [5.41, 5.74) is 3.87. The molecule has 1 atom stereocenters. The Hall–Kier alpha value is -2.57. The van der Waals surface area contributed by atoms with Gasteiger partial charge in [-0.3, -0.25) is 4.68 Å². The van der Waals surface area contributed by atoms with Crippen molar-refractivity contribution < 1.29 is 9.13 Å². The molecular formula is C20H17Cl2FN4O. The Bertz CT molecular complexity index is 1180. The highest BCUT2D eigenvalue weighted by Crippen LogP contribution is 2.41. The minimum Gasteiger partial charge on any atom is -0.496 e. The number of hydrogen-bond donors (Lipinski definition) is 1. The number of fused-ring (bicyclic) bond motifs is 1. The summed E-state index contributed by atoms with van der Waals surface area (Å²) in [6.45, 7) is 1.95. The lowest BCUT2D eigenvalue weighted by atomic mass is 9.91. The highest BCUT2D eigenvalue weighted by atomic mass is 35.5. The maximum absolute atomic E-state index is 14.1. The molecule has 144 valence electrons. The van der Waals surface area contributed by atoms with Crippen LogP contribution >= 0.6 is 23.2 Å². The van der Waals surface area contributed by atoms with Crippen LogP contribution in [-0.2, 0) is 7.05 Å². The van der Waals surface area contributed by atoms with Gasteiger partial charge in [0, 0.05) is 53.6 Å². The van der Waals surface area contributed by atoms with Gasteiger partial charge in [-0.1, -0.05) is 30.1 Å². The standard InChI is InChI=1S/C20H17Cl2FN4O/c1-10(17-16(28-3)5-4-15(23)18(17)21)13-8-25-20-12(13)6-11(7-24-20)14-9-27(2)26-19(14)22/h4-10H,1-3H3,(H,24,25). The zero-order valence-electron chi connectivity index (χ0n) is 15.4. The summed E-state index contributed by atoms with van der Waals surface area (Å²) in [4.78, 5) is 7.66. The number of H-pyrrole nitrogens is 1. The number of methoxy groups -OCH3 is 1. The first-order valence-corrected chi connectivity index (χ1v) is 9.34. The van der Waals surface area contributed by atoms with Gasteiger partial charge in [-0.2, -0.15) is 5.10 Å². The number of pyridine rings is 1. The molecule has 4 aromatic rings. The molecule has 0 aliphatic carbocycles. The van der Waals surface area contributed by atoms with Crippen molar-refractivity contribution in [2.45, 2.75) is 12.8 Å². The third kappa shape index (κ3) is 3.02. The van der Waals surface area contributed by atoms with E-state index in [-0.39, 0.29) is 10.9 Å². The number of ether oxygens (including phenoxy) is 1. The van der Waals surface area contributed by atoms with E-state index >= 15 is 0 Å². The minimum absolute atomic E-state index is 0.0561. The Morgan fingerprint density at radius 3 is 2.75 bits per heavy atom. The van der Waals surface area contributed by atoms with Gasteiger partial charge >= 0.3 is 0 Å². The van der Waals surface area contributed by atoms with Gasteiger partial charge in [0.2, 0.25) is 0 Å². The number of aromatic nitrogens is 4. The van der Waals surface area contributed by atoms with Gasteiger partial charge in [-0.25, -0.2) is 9.37 Å². The van der Waals surface area contributed by atoms with Gasteiger partial charge in [0.05, 0.1) is 12.1 Å². The van der Waals surface area contributed by atoms with Crippen molar-refractivity contribution in [1.29, 1.82) is 0 Å². The van der Waals surface area contributed by atoms with Gasteiger partial charge in [0.15, 0.2) is 5.15 Å². The molecule has 1 unspecified atom stereocenters. The number of aromatic amines is 1. The largest absolute Gasteiger partial charge is 0.496 e. The minimum atomic E-state index is -0.481. The number of nitrogens with zero attached hydrogens (tertiary/aromatic N) is 3. The van der Waals surface area contributed by atoms with Crippen LogP contribution < -0.4 is 4.74 Å². The molecule has 8 heteroatoms. The number of hydrogen-bond acceptors (Lipinski definition) is 3. The van der Waals surface area contributed by atoms with E-state index in [9.17, 15) is 4.39 Å². The van der Waals surface area contributed by atoms with Crippen molar-refractivity contribution in [3.8, 4) is 16.9 Å². The summed E-state index contributed by atoms with van der Waals surface area (Å²) in [7, 11) is 3.35. The quantitative estimate of drug-likeness (QED) is 0.471. The smallest absolute Gasteiger partial charge is 0.158 e. The van der Waals surface area contributed by atoms with E-state index in [1.807, 2.05) is 32.4 Å². The third-order valence-electron chi connectivity index (χ3n) is 4.87. The predicted octanol–water partition coefficient (Wildman–Crippen LogP) is 5.57. The molecule has 0 radical (unpaired) electrons. The maximum atomic E-state index is 14.1. The lowest BCUT2D eigenvalue weighted by molar-refractivity contribution is 0.407. The first-order chi connectivity index (χ1) is 13.4. The first-order valence-electron chi connectivity index (χ1n) is 8.59. The number of benzene rings is 1. The fourth-order valence-corrected chi connectivity index (χ4v) is 4.07. The monoisotopic (exact) mass is 418 g/mol. The van der Waals surface area contributed by atoms with E-state index < -0.39 is 5.82 Å². The van der Waals surface area contributed by atoms with Gasteiger partial charge in [-0.05, 0) is 23.8 Å². The number of aryl methyl sites for hydroxylation is 1. The molecule has 3 heterocycles. The Morgan fingerprint density at radius 1 is 1.29 bits per heavy atom. The molecule has 0 fully saturated rings. The molecule has 0 spiro atoms. The molecule has 0 saturated heterocycles. The average Bonchev–Trinajstić information content (AvgIpc) is 3.25. The van der Waals surface area contributed by atoms with E-state index in [1.54, 1.807) is 24.1 Å². The van der Waals surface area contributed by atoms with Crippen molar-refractivity contribution in [2.24, 2.45) is 7.05 Å². The Morgan fingerprint density at radius 2 is 2.07 bits per heavy atom. The molecule has 28 heavy (non-hydrogen) atoms. The Kier molecular flexibility index (Phi) is 4.77. The molecule has 0 saturated carbocycles. The maximum Gasteiger partial charge on any atom is 0.158 e. The topological polar surface area (TPSA) is 55.7 Å². The Labute approximate surface area is 171 Å². The van der Waals surface area contributed by atoms with Crippen LogP contribution in [-0.4, -0.2) is 26.9 Å². The summed E-state index contributed by atoms with van der Waals surface area (Å²) in [5, 5.41) is 5.53. The summed E-state index contributed by atoms with van der Waals surface area (Å²) < 4.78 is 21.2. The van der Waals surface area contributed by atoms with Crippen molar-refractivity contribution in [1.82, 2.24) is 19.7 Å². The van der Waals surface area contributed by atoms with E-state index in [0.717, 1.165) is 27.7 Å². The molecular weight excluding hydrogens is 402 g/mol. The second-order valence-electron chi connectivity index (χ2n) is 6.57. The molecule has 1 N–H and O–H groups in total. The van der Waals surface area contributed by atoms with Crippen LogP contribution in [0.3, 0.4) is 0 Å². The van der Waals surface area contributed by atoms with Gasteiger partial charge in [0.1, 0.15) is 17.2 Å². The number of halogens is 3. The van der Waals surface area contributed by atoms with Crippen LogP contribution in [0.15, 0.2) is 36.8 Å². The van der Waals surface area contributed by atoms with E-state index in [1.165, 1.54) is 6.07 Å². The fraction of sp³-hybridized carbons (Fsp3) is 0.200. The van der Waals surface area contributed by atoms with Gasteiger partial charge in [-0.15, -0.1) is 0 Å². The average molecular weight is 419 g/mol. The molecule has 4 rings (SSSR count). The van der Waals surface area contributed by atoms with Crippen molar-refractivity contribution >= 4 is 34.2 Å². The van der Waals surface area contributed by atoms with Crippen LogP contribution in [0.2, 0.25) is 10.2 Å².